The molecule has 5 heteroatoms. The molecule has 0 aromatic rings. The number of esters is 1. The van der Waals surface area contributed by atoms with Gasteiger partial charge in [-0.3, -0.25) is 9.59 Å². The Kier molecular flexibility index (Phi) is 5.97. The Labute approximate surface area is 102 Å². The number of nitrogens with one attached hydrogen (secondary N) is 1. The van der Waals surface area contributed by atoms with Gasteiger partial charge in [-0.2, -0.15) is 0 Å². The van der Waals surface area contributed by atoms with Gasteiger partial charge >= 0.3 is 5.97 Å². The maximum atomic E-state index is 11.4. The maximum absolute atomic E-state index is 11.4. The van der Waals surface area contributed by atoms with Crippen LogP contribution in [0.15, 0.2) is 0 Å². The summed E-state index contributed by atoms with van der Waals surface area (Å²) in [6.07, 6.45) is 3.66. The van der Waals surface area contributed by atoms with Crippen LogP contribution in [0.1, 0.15) is 39.0 Å². The van der Waals surface area contributed by atoms with E-state index in [1.54, 1.807) is 6.92 Å². The van der Waals surface area contributed by atoms with E-state index in [2.05, 4.69) is 5.32 Å². The monoisotopic (exact) mass is 242 g/mol. The Bertz CT molecular complexity index is 264. The summed E-state index contributed by atoms with van der Waals surface area (Å²) in [4.78, 5) is 22.5. The minimum atomic E-state index is -0.212. The molecule has 3 N–H and O–H groups in total. The van der Waals surface area contributed by atoms with Crippen molar-refractivity contribution in [2.75, 3.05) is 13.2 Å². The first-order valence-corrected chi connectivity index (χ1v) is 6.31. The number of nitrogens with two attached hydrogens (primary N) is 1. The smallest absolute Gasteiger partial charge is 0.305 e. The molecule has 1 aliphatic rings. The molecule has 17 heavy (non-hydrogen) atoms. The van der Waals surface area contributed by atoms with Crippen molar-refractivity contribution >= 4 is 11.9 Å². The topological polar surface area (TPSA) is 81.4 Å². The molecule has 0 radical (unpaired) electrons. The molecule has 0 heterocycles. The molecular formula is C12H22N2O3. The molecule has 0 spiro atoms. The van der Waals surface area contributed by atoms with Crippen molar-refractivity contribution in [1.82, 2.24) is 5.32 Å². The lowest BCUT2D eigenvalue weighted by atomic mass is 10.1. The highest BCUT2D eigenvalue weighted by Gasteiger charge is 2.29. The van der Waals surface area contributed by atoms with Gasteiger partial charge < -0.3 is 15.8 Å². The standard InChI is InChI=1S/C12H22N2O3/c1-2-17-12(16)4-3-7-14-11(15)8-10(13)9-5-6-9/h9-10H,2-8,13H2,1H3,(H,14,15). The van der Waals surface area contributed by atoms with E-state index in [0.29, 0.717) is 38.3 Å². The van der Waals surface area contributed by atoms with Crippen LogP contribution in [0.3, 0.4) is 0 Å². The van der Waals surface area contributed by atoms with Crippen molar-refractivity contribution in [3.8, 4) is 0 Å². The molecule has 1 aliphatic carbocycles. The lowest BCUT2D eigenvalue weighted by molar-refractivity contribution is -0.143. The number of carbonyl (C=O) groups excluding carboxylic acids is 2. The van der Waals surface area contributed by atoms with Gasteiger partial charge in [-0.25, -0.2) is 0 Å². The zero-order valence-electron chi connectivity index (χ0n) is 10.4. The molecule has 1 unspecified atom stereocenters. The van der Waals surface area contributed by atoms with Gasteiger partial charge in [0.2, 0.25) is 5.91 Å². The Morgan fingerprint density at radius 1 is 1.47 bits per heavy atom. The predicted molar refractivity (Wildman–Crippen MR) is 64.2 cm³/mol. The van der Waals surface area contributed by atoms with Crippen molar-refractivity contribution in [1.29, 1.82) is 0 Å². The van der Waals surface area contributed by atoms with Crippen LogP contribution in [0.2, 0.25) is 0 Å². The third-order valence-corrected chi connectivity index (χ3v) is 2.83. The third-order valence-electron chi connectivity index (χ3n) is 2.83. The zero-order chi connectivity index (χ0) is 12.7. The van der Waals surface area contributed by atoms with Crippen molar-refractivity contribution < 1.29 is 14.3 Å². The summed E-state index contributed by atoms with van der Waals surface area (Å²) in [5.41, 5.74) is 5.84. The van der Waals surface area contributed by atoms with Crippen LogP contribution in [0, 0.1) is 5.92 Å². The first-order chi connectivity index (χ1) is 8.13. The highest BCUT2D eigenvalue weighted by Crippen LogP contribution is 2.32. The van der Waals surface area contributed by atoms with Crippen molar-refractivity contribution in [2.45, 2.75) is 45.1 Å². The largest absolute Gasteiger partial charge is 0.466 e. The molecule has 98 valence electrons. The molecule has 1 saturated carbocycles. The Morgan fingerprint density at radius 2 is 2.18 bits per heavy atom. The van der Waals surface area contributed by atoms with Gasteiger partial charge in [0.05, 0.1) is 6.61 Å². The lowest BCUT2D eigenvalue weighted by Crippen LogP contribution is -2.33. The van der Waals surface area contributed by atoms with Gasteiger partial charge in [-0.15, -0.1) is 0 Å². The van der Waals surface area contributed by atoms with Gasteiger partial charge in [0.25, 0.3) is 0 Å². The van der Waals surface area contributed by atoms with Crippen molar-refractivity contribution in [3.63, 3.8) is 0 Å². The van der Waals surface area contributed by atoms with Crippen LogP contribution in [0.4, 0.5) is 0 Å². The molecule has 0 aliphatic heterocycles. The normalized spacial score (nSPS) is 16.4. The summed E-state index contributed by atoms with van der Waals surface area (Å²) in [7, 11) is 0. The first kappa shape index (κ1) is 14.0. The molecule has 0 saturated heterocycles. The molecule has 0 aromatic heterocycles. The van der Waals surface area contributed by atoms with E-state index in [9.17, 15) is 9.59 Å². The van der Waals surface area contributed by atoms with Gasteiger partial charge in [0.15, 0.2) is 0 Å². The second kappa shape index (κ2) is 7.27. The van der Waals surface area contributed by atoms with Gasteiger partial charge in [-0.1, -0.05) is 0 Å². The van der Waals surface area contributed by atoms with E-state index in [1.807, 2.05) is 0 Å². The summed E-state index contributed by atoms with van der Waals surface area (Å²) in [6.45, 7) is 2.69. The van der Waals surface area contributed by atoms with E-state index < -0.39 is 0 Å². The predicted octanol–water partition coefficient (Wildman–Crippen LogP) is 0.573. The molecule has 0 bridgehead atoms. The number of hydrogen-bond acceptors (Lipinski definition) is 4. The average molecular weight is 242 g/mol. The molecule has 1 amide bonds. The quantitative estimate of drug-likeness (QED) is 0.481. The average Bonchev–Trinajstić information content (AvgIpc) is 3.08. The van der Waals surface area contributed by atoms with Gasteiger partial charge in [-0.05, 0) is 32.1 Å². The summed E-state index contributed by atoms with van der Waals surface area (Å²) < 4.78 is 4.78. The van der Waals surface area contributed by atoms with Gasteiger partial charge in [0.1, 0.15) is 0 Å². The highest BCUT2D eigenvalue weighted by atomic mass is 16.5. The molecule has 0 aromatic carbocycles. The number of ether oxygens (including phenoxy) is 1. The molecule has 5 nitrogen and oxygen atoms in total. The van der Waals surface area contributed by atoms with Crippen LogP contribution in [0.5, 0.6) is 0 Å². The molecule has 1 rings (SSSR count). The number of carbonyl (C=O) groups is 2. The molecular weight excluding hydrogens is 220 g/mol. The van der Waals surface area contributed by atoms with Crippen LogP contribution < -0.4 is 11.1 Å². The van der Waals surface area contributed by atoms with E-state index in [-0.39, 0.29) is 17.9 Å². The van der Waals surface area contributed by atoms with E-state index in [1.165, 1.54) is 0 Å². The molecule has 1 atom stereocenters. The summed E-state index contributed by atoms with van der Waals surface area (Å²) >= 11 is 0. The van der Waals surface area contributed by atoms with Crippen molar-refractivity contribution in [2.24, 2.45) is 11.7 Å². The Morgan fingerprint density at radius 3 is 2.76 bits per heavy atom. The van der Waals surface area contributed by atoms with E-state index in [4.69, 9.17) is 10.5 Å². The van der Waals surface area contributed by atoms with Crippen molar-refractivity contribution in [3.05, 3.63) is 0 Å². The minimum Gasteiger partial charge on any atom is -0.466 e. The number of hydrogen-bond donors (Lipinski definition) is 2. The second-order valence-electron chi connectivity index (χ2n) is 4.46. The fourth-order valence-electron chi connectivity index (χ4n) is 1.67. The third kappa shape index (κ3) is 6.26. The highest BCUT2D eigenvalue weighted by molar-refractivity contribution is 5.76. The van der Waals surface area contributed by atoms with Crippen LogP contribution in [-0.2, 0) is 14.3 Å². The maximum Gasteiger partial charge on any atom is 0.305 e. The van der Waals surface area contributed by atoms with Crippen LogP contribution in [0.25, 0.3) is 0 Å². The summed E-state index contributed by atoms with van der Waals surface area (Å²) in [5, 5.41) is 2.77. The van der Waals surface area contributed by atoms with E-state index >= 15 is 0 Å². The Balaban J connectivity index is 1.97. The lowest BCUT2D eigenvalue weighted by Gasteiger charge is -2.10. The van der Waals surface area contributed by atoms with Crippen LogP contribution >= 0.6 is 0 Å². The fourth-order valence-corrected chi connectivity index (χ4v) is 1.67. The first-order valence-electron chi connectivity index (χ1n) is 6.31. The Hall–Kier alpha value is -1.10. The van der Waals surface area contributed by atoms with Crippen LogP contribution in [-0.4, -0.2) is 31.1 Å². The fraction of sp³-hybridized carbons (Fsp3) is 0.833. The SMILES string of the molecule is CCOC(=O)CCCNC(=O)CC(N)C1CC1. The molecule has 1 fully saturated rings. The number of amides is 1. The van der Waals surface area contributed by atoms with Gasteiger partial charge in [0, 0.05) is 25.4 Å². The number of rotatable bonds is 8. The minimum absolute atomic E-state index is 0.0000525. The van der Waals surface area contributed by atoms with E-state index in [0.717, 1.165) is 12.8 Å². The summed E-state index contributed by atoms with van der Waals surface area (Å²) in [5.74, 6) is 0.310. The summed E-state index contributed by atoms with van der Waals surface area (Å²) in [6, 6.07) is 0.0000525. The second-order valence-corrected chi connectivity index (χ2v) is 4.46. The zero-order valence-corrected chi connectivity index (χ0v) is 10.4.